The highest BCUT2D eigenvalue weighted by Crippen LogP contribution is 2.19. The largest absolute Gasteiger partial charge is 0.368 e. The van der Waals surface area contributed by atoms with E-state index in [0.29, 0.717) is 5.56 Å². The lowest BCUT2D eigenvalue weighted by atomic mass is 10.4. The zero-order valence-electron chi connectivity index (χ0n) is 5.83. The molecule has 1 aromatic rings. The van der Waals surface area contributed by atoms with Gasteiger partial charge in [-0.1, -0.05) is 23.2 Å². The quantitative estimate of drug-likeness (QED) is 0.305. The fourth-order valence-electron chi connectivity index (χ4n) is 0.613. The zero-order valence-corrected chi connectivity index (χ0v) is 7.34. The molecule has 1 aromatic heterocycles. The number of nitrogens with zero attached hydrogens (tertiary/aromatic N) is 3. The van der Waals surface area contributed by atoms with Crippen molar-refractivity contribution in [3.8, 4) is 0 Å². The van der Waals surface area contributed by atoms with Crippen LogP contribution in [0.5, 0.6) is 0 Å². The number of hydrogen-bond acceptors (Lipinski definition) is 5. The van der Waals surface area contributed by atoms with Gasteiger partial charge in [0.25, 0.3) is 0 Å². The summed E-state index contributed by atoms with van der Waals surface area (Å²) in [6.45, 7) is 0. The molecule has 0 radical (unpaired) electrons. The van der Waals surface area contributed by atoms with E-state index >= 15 is 0 Å². The first kappa shape index (κ1) is 9.02. The lowest BCUT2D eigenvalue weighted by Crippen LogP contribution is -2.00. The van der Waals surface area contributed by atoms with E-state index in [1.54, 1.807) is 0 Å². The van der Waals surface area contributed by atoms with Gasteiger partial charge in [-0.2, -0.15) is 5.10 Å². The summed E-state index contributed by atoms with van der Waals surface area (Å²) in [7, 11) is 0. The monoisotopic (exact) mass is 205 g/mol. The van der Waals surface area contributed by atoms with Crippen molar-refractivity contribution in [2.45, 2.75) is 0 Å². The minimum atomic E-state index is 0.0131. The molecule has 0 atom stereocenters. The summed E-state index contributed by atoms with van der Waals surface area (Å²) in [4.78, 5) is 7.31. The molecule has 0 saturated heterocycles. The zero-order chi connectivity index (χ0) is 9.14. The average molecular weight is 206 g/mol. The molecule has 0 fully saturated rings. The number of aromatic nitrogens is 2. The van der Waals surface area contributed by atoms with Crippen LogP contribution in [0.2, 0.25) is 10.3 Å². The Bertz CT molecular complexity index is 301. The van der Waals surface area contributed by atoms with Gasteiger partial charge in [0.05, 0.1) is 11.8 Å². The van der Waals surface area contributed by atoms with E-state index in [1.165, 1.54) is 6.21 Å². The molecular weight excluding hydrogens is 201 g/mol. The second kappa shape index (κ2) is 3.55. The maximum atomic E-state index is 5.65. The Morgan fingerprint density at radius 3 is 2.17 bits per heavy atom. The van der Waals surface area contributed by atoms with Crippen LogP contribution < -0.4 is 11.6 Å². The van der Waals surface area contributed by atoms with Crippen molar-refractivity contribution in [1.29, 1.82) is 0 Å². The van der Waals surface area contributed by atoms with Gasteiger partial charge in [-0.15, -0.1) is 0 Å². The van der Waals surface area contributed by atoms with Gasteiger partial charge >= 0.3 is 0 Å². The standard InChI is InChI=1S/C5H5Cl2N5/c6-3-2(1-10-9)4(7)12-5(8)11-3/h1H,9H2,(H2,8,11,12)/b10-1+. The van der Waals surface area contributed by atoms with E-state index < -0.39 is 0 Å². The van der Waals surface area contributed by atoms with Gasteiger partial charge < -0.3 is 11.6 Å². The van der Waals surface area contributed by atoms with Gasteiger partial charge in [-0.05, 0) is 0 Å². The number of hydrogen-bond donors (Lipinski definition) is 2. The molecule has 1 heterocycles. The molecule has 7 heteroatoms. The van der Waals surface area contributed by atoms with Crippen LogP contribution in [0.3, 0.4) is 0 Å². The minimum absolute atomic E-state index is 0.0131. The molecule has 0 aliphatic heterocycles. The summed E-state index contributed by atoms with van der Waals surface area (Å²) in [5.41, 5.74) is 5.61. The Labute approximate surface area is 78.4 Å². The van der Waals surface area contributed by atoms with Gasteiger partial charge in [0.15, 0.2) is 0 Å². The van der Waals surface area contributed by atoms with Crippen molar-refractivity contribution in [2.24, 2.45) is 10.9 Å². The molecule has 0 spiro atoms. The van der Waals surface area contributed by atoms with Crippen LogP contribution in [0.15, 0.2) is 5.10 Å². The van der Waals surface area contributed by atoms with Crippen molar-refractivity contribution in [3.05, 3.63) is 15.9 Å². The Morgan fingerprint density at radius 1 is 1.25 bits per heavy atom. The molecule has 4 N–H and O–H groups in total. The summed E-state index contributed by atoms with van der Waals surface area (Å²) in [5.74, 6) is 4.91. The van der Waals surface area contributed by atoms with E-state index in [9.17, 15) is 0 Å². The fraction of sp³-hybridized carbons (Fsp3) is 0. The fourth-order valence-corrected chi connectivity index (χ4v) is 1.11. The van der Waals surface area contributed by atoms with Gasteiger partial charge in [0, 0.05) is 0 Å². The third-order valence-corrected chi connectivity index (χ3v) is 1.65. The summed E-state index contributed by atoms with van der Waals surface area (Å²) < 4.78 is 0. The molecule has 0 amide bonds. The highest BCUT2D eigenvalue weighted by atomic mass is 35.5. The molecule has 0 aliphatic carbocycles. The molecule has 0 aliphatic rings. The molecule has 0 aromatic carbocycles. The van der Waals surface area contributed by atoms with Crippen LogP contribution >= 0.6 is 23.2 Å². The van der Waals surface area contributed by atoms with E-state index in [-0.39, 0.29) is 16.3 Å². The third kappa shape index (κ3) is 1.75. The van der Waals surface area contributed by atoms with Crippen molar-refractivity contribution >= 4 is 35.4 Å². The van der Waals surface area contributed by atoms with E-state index in [2.05, 4.69) is 15.1 Å². The summed E-state index contributed by atoms with van der Waals surface area (Å²) in [6, 6.07) is 0. The van der Waals surface area contributed by atoms with Gasteiger partial charge in [0.1, 0.15) is 10.3 Å². The Balaban J connectivity index is 3.28. The minimum Gasteiger partial charge on any atom is -0.368 e. The van der Waals surface area contributed by atoms with Gasteiger partial charge in [-0.25, -0.2) is 9.97 Å². The van der Waals surface area contributed by atoms with Gasteiger partial charge in [0.2, 0.25) is 5.95 Å². The molecule has 1 rings (SSSR count). The van der Waals surface area contributed by atoms with Gasteiger partial charge in [-0.3, -0.25) is 0 Å². The third-order valence-electron chi connectivity index (χ3n) is 1.07. The molecule has 5 nitrogen and oxygen atoms in total. The smallest absolute Gasteiger partial charge is 0.222 e. The summed E-state index contributed by atoms with van der Waals surface area (Å²) in [5, 5.41) is 3.50. The molecular formula is C5H5Cl2N5. The Kier molecular flexibility index (Phi) is 2.67. The van der Waals surface area contributed by atoms with Crippen LogP contribution in [0, 0.1) is 0 Å². The SMILES string of the molecule is N/N=C/c1c(Cl)nc(N)nc1Cl. The van der Waals surface area contributed by atoms with Crippen molar-refractivity contribution in [3.63, 3.8) is 0 Å². The van der Waals surface area contributed by atoms with Crippen molar-refractivity contribution < 1.29 is 0 Å². The van der Waals surface area contributed by atoms with Crippen LogP contribution in [-0.4, -0.2) is 16.2 Å². The Morgan fingerprint density at radius 2 is 1.75 bits per heavy atom. The topological polar surface area (TPSA) is 90.2 Å². The summed E-state index contributed by atoms with van der Waals surface area (Å²) >= 11 is 11.3. The Hall–Kier alpha value is -1.07. The van der Waals surface area contributed by atoms with Crippen LogP contribution in [0.25, 0.3) is 0 Å². The van der Waals surface area contributed by atoms with Crippen LogP contribution in [-0.2, 0) is 0 Å². The predicted molar refractivity (Wildman–Crippen MR) is 48.2 cm³/mol. The second-order valence-corrected chi connectivity index (χ2v) is 2.57. The van der Waals surface area contributed by atoms with E-state index in [0.717, 1.165) is 0 Å². The molecule has 64 valence electrons. The highest BCUT2D eigenvalue weighted by molar-refractivity contribution is 6.37. The normalized spacial score (nSPS) is 10.8. The van der Waals surface area contributed by atoms with Crippen LogP contribution in [0.1, 0.15) is 5.56 Å². The molecule has 0 saturated carbocycles. The second-order valence-electron chi connectivity index (χ2n) is 1.86. The molecule has 0 bridgehead atoms. The van der Waals surface area contributed by atoms with Crippen molar-refractivity contribution in [1.82, 2.24) is 9.97 Å². The number of rotatable bonds is 1. The maximum absolute atomic E-state index is 5.65. The first-order valence-electron chi connectivity index (χ1n) is 2.87. The maximum Gasteiger partial charge on any atom is 0.222 e. The summed E-state index contributed by atoms with van der Waals surface area (Å²) in [6.07, 6.45) is 1.25. The number of nitrogen functional groups attached to an aromatic ring is 1. The van der Waals surface area contributed by atoms with E-state index in [4.69, 9.17) is 34.8 Å². The van der Waals surface area contributed by atoms with E-state index in [1.807, 2.05) is 0 Å². The first-order chi connectivity index (χ1) is 5.65. The number of anilines is 1. The lowest BCUT2D eigenvalue weighted by Gasteiger charge is -1.99. The predicted octanol–water partition coefficient (Wildman–Crippen LogP) is 0.658. The number of nitrogens with two attached hydrogens (primary N) is 2. The number of hydrazone groups is 1. The highest BCUT2D eigenvalue weighted by Gasteiger charge is 2.07. The lowest BCUT2D eigenvalue weighted by molar-refractivity contribution is 1.17. The van der Waals surface area contributed by atoms with Crippen molar-refractivity contribution in [2.75, 3.05) is 5.73 Å². The first-order valence-corrected chi connectivity index (χ1v) is 3.62. The average Bonchev–Trinajstić information content (AvgIpc) is 1.96. The number of halogens is 2. The molecule has 12 heavy (non-hydrogen) atoms. The van der Waals surface area contributed by atoms with Crippen LogP contribution in [0.4, 0.5) is 5.95 Å². The molecule has 0 unspecified atom stereocenters.